The molecule has 2 nitrogen and oxygen atoms in total. The van der Waals surface area contributed by atoms with Crippen LogP contribution in [0.3, 0.4) is 0 Å². The molecule has 1 aromatic rings. The van der Waals surface area contributed by atoms with E-state index in [9.17, 15) is 4.79 Å². The van der Waals surface area contributed by atoms with Crippen LogP contribution in [-0.4, -0.2) is 23.8 Å². The summed E-state index contributed by atoms with van der Waals surface area (Å²) in [6, 6.07) is 4.61. The van der Waals surface area contributed by atoms with Gasteiger partial charge in [0.25, 0.3) is 0 Å². The van der Waals surface area contributed by atoms with Crippen LogP contribution >= 0.6 is 11.3 Å². The Morgan fingerprint density at radius 1 is 1.62 bits per heavy atom. The molecule has 1 aliphatic heterocycles. The van der Waals surface area contributed by atoms with Crippen molar-refractivity contribution >= 4 is 17.1 Å². The standard InChI is InChI=1S/C10H13NOS/c1-8(10-3-2-6-13-10)11-5-4-9(12)7-11/h2-3,6,8H,4-5,7H2,1H3. The molecule has 0 radical (unpaired) electrons. The lowest BCUT2D eigenvalue weighted by Gasteiger charge is -2.21. The van der Waals surface area contributed by atoms with Gasteiger partial charge in [0.1, 0.15) is 5.78 Å². The van der Waals surface area contributed by atoms with Crippen LogP contribution in [0.15, 0.2) is 17.5 Å². The normalized spacial score (nSPS) is 20.8. The maximum Gasteiger partial charge on any atom is 0.148 e. The maximum atomic E-state index is 11.1. The number of nitrogens with zero attached hydrogens (tertiary/aromatic N) is 1. The van der Waals surface area contributed by atoms with Gasteiger partial charge >= 0.3 is 0 Å². The van der Waals surface area contributed by atoms with E-state index in [0.717, 1.165) is 13.0 Å². The average molecular weight is 195 g/mol. The lowest BCUT2D eigenvalue weighted by molar-refractivity contribution is -0.117. The zero-order chi connectivity index (χ0) is 9.26. The maximum absolute atomic E-state index is 11.1. The highest BCUT2D eigenvalue weighted by Crippen LogP contribution is 2.26. The summed E-state index contributed by atoms with van der Waals surface area (Å²) in [4.78, 5) is 14.7. The molecule has 1 atom stereocenters. The number of carbonyl (C=O) groups is 1. The van der Waals surface area contributed by atoms with Crippen molar-refractivity contribution in [2.45, 2.75) is 19.4 Å². The highest BCUT2D eigenvalue weighted by atomic mass is 32.1. The SMILES string of the molecule is CC(c1cccs1)N1CCC(=O)C1. The molecule has 1 unspecified atom stereocenters. The first-order chi connectivity index (χ1) is 6.27. The third-order valence-electron chi connectivity index (χ3n) is 2.56. The Hall–Kier alpha value is -0.670. The van der Waals surface area contributed by atoms with Crippen LogP contribution in [0.4, 0.5) is 0 Å². The number of hydrogen-bond acceptors (Lipinski definition) is 3. The smallest absolute Gasteiger partial charge is 0.148 e. The molecule has 1 aliphatic rings. The fourth-order valence-corrected chi connectivity index (χ4v) is 2.51. The quantitative estimate of drug-likeness (QED) is 0.720. The molecule has 2 heterocycles. The molecule has 1 saturated heterocycles. The summed E-state index contributed by atoms with van der Waals surface area (Å²) < 4.78 is 0. The van der Waals surface area contributed by atoms with E-state index in [0.29, 0.717) is 18.4 Å². The summed E-state index contributed by atoms with van der Waals surface area (Å²) in [5.41, 5.74) is 0. The van der Waals surface area contributed by atoms with Gasteiger partial charge in [0, 0.05) is 23.9 Å². The number of ketones is 1. The molecular weight excluding hydrogens is 182 g/mol. The first kappa shape index (κ1) is 8.91. The van der Waals surface area contributed by atoms with Gasteiger partial charge in [-0.1, -0.05) is 6.07 Å². The van der Waals surface area contributed by atoms with E-state index in [2.05, 4.69) is 29.3 Å². The van der Waals surface area contributed by atoms with Crippen LogP contribution in [0.5, 0.6) is 0 Å². The van der Waals surface area contributed by atoms with Gasteiger partial charge in [-0.05, 0) is 18.4 Å². The number of Topliss-reactive ketones (excluding diaryl/α,β-unsaturated/α-hetero) is 1. The van der Waals surface area contributed by atoms with Crippen LogP contribution in [0.2, 0.25) is 0 Å². The summed E-state index contributed by atoms with van der Waals surface area (Å²) in [5.74, 6) is 0.378. The summed E-state index contributed by atoms with van der Waals surface area (Å²) in [5, 5.41) is 2.09. The second kappa shape index (κ2) is 3.60. The summed E-state index contributed by atoms with van der Waals surface area (Å²) >= 11 is 1.77. The van der Waals surface area contributed by atoms with Crippen molar-refractivity contribution in [2.24, 2.45) is 0 Å². The molecule has 0 saturated carbocycles. The van der Waals surface area contributed by atoms with Gasteiger partial charge in [0.2, 0.25) is 0 Å². The molecular formula is C10H13NOS. The Bertz CT molecular complexity index is 294. The molecule has 0 aliphatic carbocycles. The second-order valence-corrected chi connectivity index (χ2v) is 4.43. The average Bonchev–Trinajstić information content (AvgIpc) is 2.72. The monoisotopic (exact) mass is 195 g/mol. The van der Waals surface area contributed by atoms with Gasteiger partial charge in [0.05, 0.1) is 6.54 Å². The lowest BCUT2D eigenvalue weighted by atomic mass is 10.2. The van der Waals surface area contributed by atoms with Crippen molar-refractivity contribution in [1.82, 2.24) is 4.90 Å². The molecule has 13 heavy (non-hydrogen) atoms. The van der Waals surface area contributed by atoms with Crippen molar-refractivity contribution in [1.29, 1.82) is 0 Å². The van der Waals surface area contributed by atoms with Crippen LogP contribution in [0, 0.1) is 0 Å². The van der Waals surface area contributed by atoms with E-state index in [1.165, 1.54) is 4.88 Å². The fraction of sp³-hybridized carbons (Fsp3) is 0.500. The van der Waals surface area contributed by atoms with Gasteiger partial charge in [-0.15, -0.1) is 11.3 Å². The van der Waals surface area contributed by atoms with E-state index < -0.39 is 0 Å². The first-order valence-electron chi connectivity index (χ1n) is 4.56. The van der Waals surface area contributed by atoms with Crippen molar-refractivity contribution in [2.75, 3.05) is 13.1 Å². The van der Waals surface area contributed by atoms with E-state index >= 15 is 0 Å². The Labute approximate surface area is 82.2 Å². The van der Waals surface area contributed by atoms with Gasteiger partial charge in [-0.3, -0.25) is 9.69 Å². The molecule has 0 N–H and O–H groups in total. The zero-order valence-corrected chi connectivity index (χ0v) is 8.51. The van der Waals surface area contributed by atoms with Crippen molar-refractivity contribution in [3.8, 4) is 0 Å². The van der Waals surface area contributed by atoms with E-state index in [1.54, 1.807) is 11.3 Å². The van der Waals surface area contributed by atoms with E-state index in [4.69, 9.17) is 0 Å². The summed E-state index contributed by atoms with van der Waals surface area (Å²) in [6.07, 6.45) is 0.732. The fourth-order valence-electron chi connectivity index (χ4n) is 1.69. The molecule has 1 aromatic heterocycles. The Morgan fingerprint density at radius 2 is 2.46 bits per heavy atom. The molecule has 0 amide bonds. The molecule has 0 bridgehead atoms. The van der Waals surface area contributed by atoms with Crippen LogP contribution in [0.25, 0.3) is 0 Å². The Kier molecular flexibility index (Phi) is 2.47. The van der Waals surface area contributed by atoms with Gasteiger partial charge in [-0.2, -0.15) is 0 Å². The Balaban J connectivity index is 2.05. The van der Waals surface area contributed by atoms with Crippen molar-refractivity contribution < 1.29 is 4.79 Å². The zero-order valence-electron chi connectivity index (χ0n) is 7.69. The predicted molar refractivity (Wildman–Crippen MR) is 53.9 cm³/mol. The summed E-state index contributed by atoms with van der Waals surface area (Å²) in [6.45, 7) is 3.74. The molecule has 0 aromatic carbocycles. The van der Waals surface area contributed by atoms with E-state index in [1.807, 2.05) is 0 Å². The van der Waals surface area contributed by atoms with Crippen LogP contribution < -0.4 is 0 Å². The third kappa shape index (κ3) is 1.81. The van der Waals surface area contributed by atoms with Crippen LogP contribution in [0.1, 0.15) is 24.3 Å². The molecule has 70 valence electrons. The lowest BCUT2D eigenvalue weighted by Crippen LogP contribution is -2.23. The number of hydrogen-bond donors (Lipinski definition) is 0. The van der Waals surface area contributed by atoms with Gasteiger partial charge < -0.3 is 0 Å². The van der Waals surface area contributed by atoms with Crippen molar-refractivity contribution in [3.05, 3.63) is 22.4 Å². The number of thiophene rings is 1. The summed E-state index contributed by atoms with van der Waals surface area (Å²) in [7, 11) is 0. The number of carbonyl (C=O) groups excluding carboxylic acids is 1. The minimum absolute atomic E-state index is 0.378. The minimum Gasteiger partial charge on any atom is -0.298 e. The highest BCUT2D eigenvalue weighted by molar-refractivity contribution is 7.10. The molecule has 2 rings (SSSR count). The van der Waals surface area contributed by atoms with Gasteiger partial charge in [0.15, 0.2) is 0 Å². The van der Waals surface area contributed by atoms with E-state index in [-0.39, 0.29) is 0 Å². The third-order valence-corrected chi connectivity index (χ3v) is 3.60. The van der Waals surface area contributed by atoms with Gasteiger partial charge in [-0.25, -0.2) is 0 Å². The number of rotatable bonds is 2. The largest absolute Gasteiger partial charge is 0.298 e. The molecule has 1 fully saturated rings. The Morgan fingerprint density at radius 3 is 3.00 bits per heavy atom. The van der Waals surface area contributed by atoms with Crippen molar-refractivity contribution in [3.63, 3.8) is 0 Å². The topological polar surface area (TPSA) is 20.3 Å². The number of likely N-dealkylation sites (tertiary alicyclic amines) is 1. The molecule has 3 heteroatoms. The minimum atomic E-state index is 0.378. The highest BCUT2D eigenvalue weighted by Gasteiger charge is 2.24. The first-order valence-corrected chi connectivity index (χ1v) is 5.44. The molecule has 0 spiro atoms. The van der Waals surface area contributed by atoms with Crippen LogP contribution in [-0.2, 0) is 4.79 Å². The second-order valence-electron chi connectivity index (χ2n) is 3.45. The predicted octanol–water partition coefficient (Wildman–Crippen LogP) is 2.08.